The van der Waals surface area contributed by atoms with Gasteiger partial charge in [0.2, 0.25) is 0 Å². The van der Waals surface area contributed by atoms with Gasteiger partial charge < -0.3 is 67.3 Å². The van der Waals surface area contributed by atoms with Crippen LogP contribution in [0.3, 0.4) is 0 Å². The van der Waals surface area contributed by atoms with Gasteiger partial charge in [0.25, 0.3) is 17.7 Å². The number of carbonyl (C=O) groups excluding carboxylic acids is 3. The summed E-state index contributed by atoms with van der Waals surface area (Å²) in [6, 6.07) is 33.7. The van der Waals surface area contributed by atoms with Crippen molar-refractivity contribution in [3.63, 3.8) is 0 Å². The number of methoxy groups -OCH3 is 2. The van der Waals surface area contributed by atoms with E-state index in [4.69, 9.17) is 67.5 Å². The van der Waals surface area contributed by atoms with E-state index in [2.05, 4.69) is 0 Å². The molecule has 9 aromatic rings. The predicted octanol–water partition coefficient (Wildman–Crippen LogP) is 11.4. The van der Waals surface area contributed by atoms with E-state index < -0.39 is 48.5 Å². The first-order valence-electron chi connectivity index (χ1n) is 35.3. The number of anilines is 3. The van der Waals surface area contributed by atoms with Gasteiger partial charge in [-0.15, -0.1) is 0 Å². The van der Waals surface area contributed by atoms with Gasteiger partial charge in [0, 0.05) is 153 Å². The van der Waals surface area contributed by atoms with Crippen LogP contribution in [-0.4, -0.2) is 230 Å². The van der Waals surface area contributed by atoms with E-state index in [1.54, 1.807) is 149 Å². The number of benzene rings is 6. The number of rotatable bonds is 22. The molecule has 0 atom stereocenters. The molecule has 3 amide bonds. The molecule has 3 aromatic heterocycles. The third-order valence-corrected chi connectivity index (χ3v) is 20.8. The third kappa shape index (κ3) is 18.8. The minimum Gasteiger partial charge on any atom is -0.497 e. The van der Waals surface area contributed by atoms with Crippen LogP contribution >= 0.6 is 58.0 Å². The Hall–Kier alpha value is -10.1. The van der Waals surface area contributed by atoms with Gasteiger partial charge >= 0.3 is 33.7 Å². The van der Waals surface area contributed by atoms with Crippen molar-refractivity contribution < 1.29 is 38.6 Å². The topological polar surface area (TPSA) is 294 Å². The fraction of sp³-hybridized carbons (Fsp3) is 0.368. The number of hydrogen-bond donors (Lipinski definition) is 0. The van der Waals surface area contributed by atoms with Gasteiger partial charge in [-0.2, -0.15) is 0 Å². The van der Waals surface area contributed by atoms with Gasteiger partial charge in [0.15, 0.2) is 0 Å². The molecule has 582 valence electrons. The number of carbonyl (C=O) groups is 3. The molecule has 110 heavy (non-hydrogen) atoms. The summed E-state index contributed by atoms with van der Waals surface area (Å²) in [6.45, 7) is 7.01. The lowest BCUT2D eigenvalue weighted by molar-refractivity contribution is -0.385. The van der Waals surface area contributed by atoms with E-state index in [0.29, 0.717) is 199 Å². The number of ether oxygens (including phenoxy) is 2. The number of nitrogens with zero attached hydrogens (tertiary/aromatic N) is 15. The SMILES string of the molecule is CN(C)CCCn1c(=O)c([N+](=O)[O-])c(N2CCN(C(=O)c3ccc(Cl)c(Cl)c3)CC2)c2cc(Cl)ccc21.COc1ccc(C(=O)N2CCN(c3c([N+](=O)[O-])c(=O)n(CCCN(C)C)c4ccc(Cl)cc34)CC2)cc1.COc1ccc(C(=O)N2CCN(c3c([N+](=O)[O-])c(=O)n(CCN(C)C)c4ccc(Cl)cc34)CC2)cc1. The van der Waals surface area contributed by atoms with Crippen LogP contribution in [0.15, 0.2) is 136 Å². The van der Waals surface area contributed by atoms with Gasteiger partial charge in [-0.25, -0.2) is 0 Å². The molecule has 3 saturated heterocycles. The van der Waals surface area contributed by atoms with E-state index in [1.807, 2.05) is 66.8 Å². The van der Waals surface area contributed by atoms with E-state index in [-0.39, 0.29) is 39.8 Å². The van der Waals surface area contributed by atoms with Gasteiger partial charge in [0.05, 0.1) is 55.6 Å². The fourth-order valence-electron chi connectivity index (χ4n) is 13.8. The largest absolute Gasteiger partial charge is 0.497 e. The van der Waals surface area contributed by atoms with Crippen LogP contribution in [-0.2, 0) is 19.6 Å². The van der Waals surface area contributed by atoms with Crippen LogP contribution in [0.1, 0.15) is 43.9 Å². The smallest absolute Gasteiger partial charge is 0.357 e. The first-order valence-corrected chi connectivity index (χ1v) is 37.2. The summed E-state index contributed by atoms with van der Waals surface area (Å²) in [7, 11) is 14.6. The molecule has 3 fully saturated rings. The van der Waals surface area contributed by atoms with Crippen LogP contribution in [0.2, 0.25) is 25.1 Å². The molecular formula is C76H84Cl5N15O14. The summed E-state index contributed by atoms with van der Waals surface area (Å²) in [5.74, 6) is 0.863. The summed E-state index contributed by atoms with van der Waals surface area (Å²) in [5, 5.41) is 40.1. The van der Waals surface area contributed by atoms with Crippen LogP contribution < -0.4 is 40.9 Å². The third-order valence-electron chi connectivity index (χ3n) is 19.3. The van der Waals surface area contributed by atoms with Crippen LogP contribution in [0.25, 0.3) is 32.7 Å². The van der Waals surface area contributed by atoms with Crippen molar-refractivity contribution in [3.8, 4) is 11.5 Å². The highest BCUT2D eigenvalue weighted by molar-refractivity contribution is 6.42. The standard InChI is InChI=1S/C26H30ClN5O5.C25H26Cl3N5O4.C25H28ClN5O5/c1-28(2)11-4-12-31-22-10-7-19(27)17-21(22)23(24(26(31)34)32(35)36)29-13-15-30(16-14-29)25(33)18-5-8-20(37-3)9-6-18;1-29(2)8-3-9-32-21-7-5-17(26)15-18(21)22(23(25(32)35)33(36)37)30-10-12-31(13-11-30)24(34)16-4-6-19(27)20(28)14-16;1-27(2)10-15-30-21-9-6-18(26)16-20(21)22(23(25(30)33)31(34)35)28-11-13-29(14-12-28)24(32)17-4-7-19(36-3)8-5-17/h5-10,17H,4,11-16H2,1-3H3;4-7,14-15H,3,8-13H2,1-2H3;4-9,16H,10-15H2,1-3H3. The number of aromatic nitrogens is 3. The van der Waals surface area contributed by atoms with E-state index >= 15 is 0 Å². The molecule has 0 N–H and O–H groups in total. The Morgan fingerprint density at radius 2 is 0.673 bits per heavy atom. The van der Waals surface area contributed by atoms with Gasteiger partial charge in [0.1, 0.15) is 28.6 Å². The average molecular weight is 1610 g/mol. The van der Waals surface area contributed by atoms with Crippen molar-refractivity contribution in [1.82, 2.24) is 43.1 Å². The summed E-state index contributed by atoms with van der Waals surface area (Å²) in [4.78, 5) is 130. The van der Waals surface area contributed by atoms with Gasteiger partial charge in [-0.1, -0.05) is 58.0 Å². The normalized spacial score (nSPS) is 13.9. The molecule has 29 nitrogen and oxygen atoms in total. The van der Waals surface area contributed by atoms with E-state index in [0.717, 1.165) is 13.1 Å². The summed E-state index contributed by atoms with van der Waals surface area (Å²) < 4.78 is 14.7. The lowest BCUT2D eigenvalue weighted by Crippen LogP contribution is -2.49. The van der Waals surface area contributed by atoms with Gasteiger partial charge in [-0.05, 0) is 190 Å². The Labute approximate surface area is 658 Å². The molecule has 0 saturated carbocycles. The molecule has 3 aliphatic rings. The zero-order valence-corrected chi connectivity index (χ0v) is 65.8. The molecule has 0 radical (unpaired) electrons. The first kappa shape index (κ1) is 82.4. The molecule has 0 bridgehead atoms. The molecular weight excluding hydrogens is 1520 g/mol. The second kappa shape index (κ2) is 36.6. The highest BCUT2D eigenvalue weighted by atomic mass is 35.5. The number of likely N-dealkylation sites (N-methyl/N-ethyl adjacent to an activating group) is 1. The summed E-state index contributed by atoms with van der Waals surface area (Å²) in [6.07, 6.45) is 1.31. The summed E-state index contributed by atoms with van der Waals surface area (Å²) >= 11 is 30.9. The number of nitro groups is 3. The molecule has 6 heterocycles. The van der Waals surface area contributed by atoms with Crippen LogP contribution in [0, 0.1) is 30.3 Å². The maximum atomic E-state index is 13.4. The van der Waals surface area contributed by atoms with Crippen molar-refractivity contribution in [2.75, 3.05) is 169 Å². The number of aryl methyl sites for hydroxylation is 2. The molecule has 3 aliphatic heterocycles. The number of halogens is 5. The fourth-order valence-corrected chi connectivity index (χ4v) is 14.6. The van der Waals surface area contributed by atoms with Crippen molar-refractivity contribution in [3.05, 3.63) is 225 Å². The Morgan fingerprint density at radius 1 is 0.382 bits per heavy atom. The molecule has 0 aliphatic carbocycles. The highest BCUT2D eigenvalue weighted by Crippen LogP contribution is 2.40. The highest BCUT2D eigenvalue weighted by Gasteiger charge is 2.37. The number of piperazine rings is 3. The number of fused-ring (bicyclic) bond motifs is 3. The Bertz CT molecular complexity index is 5140. The number of hydrogen-bond acceptors (Lipinski definition) is 20. The van der Waals surface area contributed by atoms with Crippen molar-refractivity contribution in [2.45, 2.75) is 32.5 Å². The molecule has 12 rings (SSSR count). The Balaban J connectivity index is 0.000000176. The maximum Gasteiger partial charge on any atom is 0.357 e. The zero-order chi connectivity index (χ0) is 79.5. The summed E-state index contributed by atoms with van der Waals surface area (Å²) in [5.41, 5.74) is 0.650. The Kier molecular flexibility index (Phi) is 27.4. The second-order valence-corrected chi connectivity index (χ2v) is 29.4. The average Bonchev–Trinajstić information content (AvgIpc) is 0.756. The molecule has 6 aromatic carbocycles. The Morgan fingerprint density at radius 3 is 0.955 bits per heavy atom. The lowest BCUT2D eigenvalue weighted by Gasteiger charge is -2.36. The predicted molar refractivity (Wildman–Crippen MR) is 431 cm³/mol. The molecule has 0 spiro atoms. The quantitative estimate of drug-likeness (QED) is 0.0450. The maximum absolute atomic E-state index is 13.4. The number of pyridine rings is 3. The zero-order valence-electron chi connectivity index (χ0n) is 62.0. The minimum atomic E-state index is -0.650. The minimum absolute atomic E-state index is 0.124. The molecule has 0 unspecified atom stereocenters. The van der Waals surface area contributed by atoms with Crippen LogP contribution in [0.4, 0.5) is 34.1 Å². The second-order valence-electron chi connectivity index (χ2n) is 27.3. The van der Waals surface area contributed by atoms with E-state index in [1.165, 1.54) is 19.8 Å². The van der Waals surface area contributed by atoms with E-state index in [9.17, 15) is 59.1 Å². The first-order chi connectivity index (χ1) is 52.5. The van der Waals surface area contributed by atoms with Crippen molar-refractivity contribution >= 4 is 143 Å². The lowest BCUT2D eigenvalue weighted by atomic mass is 10.1. The van der Waals surface area contributed by atoms with Crippen LogP contribution in [0.5, 0.6) is 11.5 Å². The molecule has 34 heteroatoms. The van der Waals surface area contributed by atoms with Crippen molar-refractivity contribution in [2.24, 2.45) is 0 Å². The monoisotopic (exact) mass is 1610 g/mol. The number of amides is 3. The van der Waals surface area contributed by atoms with Gasteiger partial charge in [-0.3, -0.25) is 59.1 Å². The van der Waals surface area contributed by atoms with Crippen molar-refractivity contribution in [1.29, 1.82) is 0 Å².